The lowest BCUT2D eigenvalue weighted by Crippen LogP contribution is -2.65. The molecular weight excluding hydrogens is 486 g/mol. The Morgan fingerprint density at radius 1 is 0.895 bits per heavy atom. The Bertz CT molecular complexity index is 1390. The van der Waals surface area contributed by atoms with Crippen molar-refractivity contribution >= 4 is 29.4 Å². The quantitative estimate of drug-likeness (QED) is 0.197. The molecule has 2 bridgehead atoms. The van der Waals surface area contributed by atoms with Gasteiger partial charge in [0.05, 0.1) is 32.3 Å². The Balaban J connectivity index is 2.01. The lowest BCUT2D eigenvalue weighted by atomic mass is 9.48. The van der Waals surface area contributed by atoms with Crippen molar-refractivity contribution in [2.45, 2.75) is 18.4 Å². The van der Waals surface area contributed by atoms with E-state index in [1.54, 1.807) is 79.9 Å². The molecule has 8 nitrogen and oxygen atoms in total. The summed E-state index contributed by atoms with van der Waals surface area (Å²) in [5, 5.41) is 0. The third-order valence-corrected chi connectivity index (χ3v) is 7.72. The van der Waals surface area contributed by atoms with Crippen LogP contribution in [0.3, 0.4) is 0 Å². The first-order valence-corrected chi connectivity index (χ1v) is 12.3. The number of methoxy groups -OCH3 is 2. The maximum absolute atomic E-state index is 14.7. The molecule has 2 aromatic carbocycles. The summed E-state index contributed by atoms with van der Waals surface area (Å²) in [4.78, 5) is 57.0. The van der Waals surface area contributed by atoms with Gasteiger partial charge >= 0.3 is 18.0 Å². The number of nitrogens with zero attached hydrogens (tertiary/aromatic N) is 1. The zero-order chi connectivity index (χ0) is 27.1. The van der Waals surface area contributed by atoms with Gasteiger partial charge in [0.25, 0.3) is 0 Å². The third-order valence-electron chi connectivity index (χ3n) is 7.72. The average molecular weight is 514 g/mol. The van der Waals surface area contributed by atoms with Crippen LogP contribution in [0.15, 0.2) is 90.7 Å². The number of ketones is 1. The summed E-state index contributed by atoms with van der Waals surface area (Å²) in [7, 11) is 2.41. The molecule has 2 aliphatic heterocycles. The first-order valence-electron chi connectivity index (χ1n) is 12.3. The summed E-state index contributed by atoms with van der Waals surface area (Å²) < 4.78 is 15.9. The van der Waals surface area contributed by atoms with Crippen LogP contribution in [0.25, 0.3) is 5.57 Å². The van der Waals surface area contributed by atoms with Gasteiger partial charge in [0.15, 0.2) is 11.2 Å². The van der Waals surface area contributed by atoms with Gasteiger partial charge in [-0.2, -0.15) is 0 Å². The maximum Gasteiger partial charge on any atom is 0.414 e. The number of carbonyl (C=O) groups is 4. The molecule has 0 aromatic heterocycles. The molecule has 4 aliphatic rings. The molecule has 0 spiro atoms. The van der Waals surface area contributed by atoms with Crippen molar-refractivity contribution in [3.05, 3.63) is 102 Å². The number of hydrogen-bond acceptors (Lipinski definition) is 7. The van der Waals surface area contributed by atoms with E-state index >= 15 is 0 Å². The molecule has 2 aliphatic carbocycles. The van der Waals surface area contributed by atoms with Gasteiger partial charge in [0.1, 0.15) is 5.57 Å². The molecule has 1 unspecified atom stereocenters. The van der Waals surface area contributed by atoms with E-state index in [1.807, 2.05) is 12.1 Å². The second-order valence-corrected chi connectivity index (χ2v) is 9.21. The molecule has 2 aromatic rings. The van der Waals surface area contributed by atoms with Crippen molar-refractivity contribution in [3.63, 3.8) is 0 Å². The fraction of sp³-hybridized carbons (Fsp3) is 0.267. The molecule has 4 atom stereocenters. The van der Waals surface area contributed by atoms with Gasteiger partial charge in [-0.25, -0.2) is 9.59 Å². The smallest absolute Gasteiger partial charge is 0.414 e. The van der Waals surface area contributed by atoms with Gasteiger partial charge in [-0.05, 0) is 23.6 Å². The highest BCUT2D eigenvalue weighted by Crippen LogP contribution is 2.68. The summed E-state index contributed by atoms with van der Waals surface area (Å²) in [6.45, 7) is 1.82. The van der Waals surface area contributed by atoms with E-state index in [1.165, 1.54) is 19.1 Å². The first-order chi connectivity index (χ1) is 18.4. The zero-order valence-corrected chi connectivity index (χ0v) is 21.2. The van der Waals surface area contributed by atoms with Crippen LogP contribution in [0, 0.1) is 11.3 Å². The van der Waals surface area contributed by atoms with Crippen LogP contribution in [-0.4, -0.2) is 55.6 Å². The van der Waals surface area contributed by atoms with E-state index in [2.05, 4.69) is 0 Å². The van der Waals surface area contributed by atoms with E-state index in [0.717, 1.165) is 0 Å². The van der Waals surface area contributed by atoms with Crippen LogP contribution in [0.4, 0.5) is 4.79 Å². The minimum atomic E-state index is -1.95. The van der Waals surface area contributed by atoms with E-state index in [0.29, 0.717) is 16.7 Å². The highest BCUT2D eigenvalue weighted by atomic mass is 16.6. The molecule has 38 heavy (non-hydrogen) atoms. The number of hydrogen-bond donors (Lipinski definition) is 0. The van der Waals surface area contributed by atoms with Gasteiger partial charge in [0, 0.05) is 12.1 Å². The number of benzene rings is 2. The number of amides is 1. The Morgan fingerprint density at radius 2 is 1.55 bits per heavy atom. The lowest BCUT2D eigenvalue weighted by Gasteiger charge is -2.53. The van der Waals surface area contributed by atoms with E-state index in [4.69, 9.17) is 14.2 Å². The molecule has 0 fully saturated rings. The Labute approximate surface area is 220 Å². The number of ether oxygens (including phenoxy) is 3. The van der Waals surface area contributed by atoms with Crippen molar-refractivity contribution in [2.24, 2.45) is 11.3 Å². The standard InChI is InChI=1S/C30H27NO7/c1-4-38-28(35)31-18-17-21-15-16-22(31)29(20-13-9-6-10-14-20)24(19-11-7-5-8-12-19)23(26(33)36-2)25(32)30(21,29)27(34)37-3/h5-18,21-22H,4H2,1-3H3/t21?,22-,29-,30+/m1/s1. The normalized spacial score (nSPS) is 27.1. The van der Waals surface area contributed by atoms with E-state index in [-0.39, 0.29) is 12.2 Å². The van der Waals surface area contributed by atoms with Crippen molar-refractivity contribution < 1.29 is 33.4 Å². The molecule has 2 heterocycles. The number of carbonyl (C=O) groups excluding carboxylic acids is 4. The van der Waals surface area contributed by atoms with E-state index in [9.17, 15) is 19.2 Å². The van der Waals surface area contributed by atoms with Gasteiger partial charge in [-0.15, -0.1) is 0 Å². The molecule has 6 rings (SSSR count). The lowest BCUT2D eigenvalue weighted by molar-refractivity contribution is -0.163. The summed E-state index contributed by atoms with van der Waals surface area (Å²) in [6.07, 6.45) is 6.04. The molecule has 0 radical (unpaired) electrons. The topological polar surface area (TPSA) is 99.2 Å². The average Bonchev–Trinajstić information content (AvgIpc) is 3.07. The van der Waals surface area contributed by atoms with Gasteiger partial charge < -0.3 is 14.2 Å². The zero-order valence-electron chi connectivity index (χ0n) is 21.2. The fourth-order valence-corrected chi connectivity index (χ4v) is 6.42. The molecular formula is C30H27NO7. The molecule has 8 heteroatoms. The minimum absolute atomic E-state index is 0.122. The van der Waals surface area contributed by atoms with Crippen LogP contribution in [-0.2, 0) is 34.0 Å². The van der Waals surface area contributed by atoms with Crippen molar-refractivity contribution in [1.82, 2.24) is 4.90 Å². The van der Waals surface area contributed by atoms with Gasteiger partial charge in [-0.1, -0.05) is 78.9 Å². The monoisotopic (exact) mass is 513 g/mol. The molecule has 194 valence electrons. The third kappa shape index (κ3) is 3.09. The fourth-order valence-electron chi connectivity index (χ4n) is 6.42. The highest BCUT2D eigenvalue weighted by molar-refractivity contribution is 6.35. The molecule has 0 N–H and O–H groups in total. The van der Waals surface area contributed by atoms with Crippen molar-refractivity contribution in [2.75, 3.05) is 20.8 Å². The first kappa shape index (κ1) is 25.2. The summed E-state index contributed by atoms with van der Waals surface area (Å²) in [5.41, 5.74) is -2.36. The predicted octanol–water partition coefficient (Wildman–Crippen LogP) is 3.83. The number of allylic oxidation sites excluding steroid dienone is 2. The molecule has 0 saturated carbocycles. The maximum atomic E-state index is 14.7. The number of Topliss-reactive ketones (excluding diaryl/α,β-unsaturated/α-hetero) is 1. The van der Waals surface area contributed by atoms with Crippen LogP contribution in [0.1, 0.15) is 18.1 Å². The van der Waals surface area contributed by atoms with Crippen molar-refractivity contribution in [1.29, 1.82) is 0 Å². The second-order valence-electron chi connectivity index (χ2n) is 9.21. The predicted molar refractivity (Wildman–Crippen MR) is 137 cm³/mol. The van der Waals surface area contributed by atoms with Crippen LogP contribution < -0.4 is 0 Å². The number of rotatable bonds is 5. The Morgan fingerprint density at radius 3 is 2.16 bits per heavy atom. The van der Waals surface area contributed by atoms with Crippen LogP contribution >= 0.6 is 0 Å². The molecule has 1 amide bonds. The highest BCUT2D eigenvalue weighted by Gasteiger charge is 2.77. The Hall–Kier alpha value is -4.46. The van der Waals surface area contributed by atoms with Gasteiger partial charge in [-0.3, -0.25) is 14.5 Å². The summed E-state index contributed by atoms with van der Waals surface area (Å²) in [6, 6.07) is 17.0. The summed E-state index contributed by atoms with van der Waals surface area (Å²) >= 11 is 0. The number of esters is 2. The summed E-state index contributed by atoms with van der Waals surface area (Å²) in [5.74, 6) is -3.24. The van der Waals surface area contributed by atoms with Crippen molar-refractivity contribution in [3.8, 4) is 0 Å². The minimum Gasteiger partial charge on any atom is -0.468 e. The SMILES string of the molecule is CCOC(=O)N1C=CC2C=C[C@@H]1[C@]1(c3ccccc3)C(c3ccccc3)=C(C(=O)OC)C(=O)[C@]21C(=O)OC. The van der Waals surface area contributed by atoms with E-state index < -0.39 is 46.6 Å². The van der Waals surface area contributed by atoms with Gasteiger partial charge in [0.2, 0.25) is 0 Å². The molecule has 0 saturated heterocycles. The number of fused-ring (bicyclic) bond motifs is 1. The van der Waals surface area contributed by atoms with Crippen LogP contribution in [0.5, 0.6) is 0 Å². The Kier molecular flexibility index (Phi) is 6.26. The second kappa shape index (κ2) is 9.45. The largest absolute Gasteiger partial charge is 0.468 e. The van der Waals surface area contributed by atoms with Crippen LogP contribution in [0.2, 0.25) is 0 Å².